The molecule has 0 aromatic heterocycles. The molecule has 18 heavy (non-hydrogen) atoms. The molecule has 1 amide bonds. The number of phenolic OH excluding ortho intramolecular Hbond substituents is 1. The van der Waals surface area contributed by atoms with Crippen LogP contribution >= 0.6 is 0 Å². The maximum Gasteiger partial charge on any atom is 0.253 e. The molecule has 0 spiro atoms. The lowest BCUT2D eigenvalue weighted by Gasteiger charge is -2.22. The van der Waals surface area contributed by atoms with Crippen LogP contribution in [0.25, 0.3) is 0 Å². The van der Waals surface area contributed by atoms with Gasteiger partial charge < -0.3 is 15.1 Å². The van der Waals surface area contributed by atoms with E-state index in [0.29, 0.717) is 25.1 Å². The molecule has 0 radical (unpaired) electrons. The van der Waals surface area contributed by atoms with Gasteiger partial charge in [-0.1, -0.05) is 0 Å². The van der Waals surface area contributed by atoms with Crippen molar-refractivity contribution in [2.45, 2.75) is 31.8 Å². The molecule has 2 N–H and O–H groups in total. The lowest BCUT2D eigenvalue weighted by Crippen LogP contribution is -2.33. The van der Waals surface area contributed by atoms with Crippen molar-refractivity contribution in [1.82, 2.24) is 4.90 Å². The van der Waals surface area contributed by atoms with E-state index < -0.39 is 5.60 Å². The fourth-order valence-corrected chi connectivity index (χ4v) is 2.25. The van der Waals surface area contributed by atoms with Gasteiger partial charge in [-0.2, -0.15) is 0 Å². The summed E-state index contributed by atoms with van der Waals surface area (Å²) in [6, 6.07) is 6.28. The molecule has 4 heteroatoms. The molecule has 1 saturated heterocycles. The molecule has 4 nitrogen and oxygen atoms in total. The summed E-state index contributed by atoms with van der Waals surface area (Å²) in [5.41, 5.74) is -0.0846. The Kier molecular flexibility index (Phi) is 3.57. The Morgan fingerprint density at radius 3 is 2.56 bits per heavy atom. The summed E-state index contributed by atoms with van der Waals surface area (Å²) in [7, 11) is 0. The van der Waals surface area contributed by atoms with Crippen LogP contribution in [0.4, 0.5) is 0 Å². The van der Waals surface area contributed by atoms with E-state index in [1.54, 1.807) is 17.0 Å². The average Bonchev–Trinajstić information content (AvgIpc) is 2.50. The number of hydrogen-bond acceptors (Lipinski definition) is 3. The summed E-state index contributed by atoms with van der Waals surface area (Å²) >= 11 is 0. The van der Waals surface area contributed by atoms with Crippen molar-refractivity contribution in [2.24, 2.45) is 0 Å². The molecule has 2 rings (SSSR count). The van der Waals surface area contributed by atoms with E-state index in [1.807, 2.05) is 6.92 Å². The van der Waals surface area contributed by atoms with Gasteiger partial charge in [0, 0.05) is 18.7 Å². The zero-order valence-electron chi connectivity index (χ0n) is 10.6. The zero-order valence-corrected chi connectivity index (χ0v) is 10.6. The third kappa shape index (κ3) is 3.01. The highest BCUT2D eigenvalue weighted by Crippen LogP contribution is 2.22. The van der Waals surface area contributed by atoms with E-state index in [9.17, 15) is 15.0 Å². The molecule has 1 aliphatic heterocycles. The van der Waals surface area contributed by atoms with Crippen molar-refractivity contribution in [1.29, 1.82) is 0 Å². The van der Waals surface area contributed by atoms with Crippen LogP contribution in [0.5, 0.6) is 5.75 Å². The van der Waals surface area contributed by atoms with Crippen LogP contribution in [-0.4, -0.2) is 39.7 Å². The van der Waals surface area contributed by atoms with Gasteiger partial charge in [-0.05, 0) is 50.5 Å². The third-order valence-corrected chi connectivity index (χ3v) is 3.47. The fourth-order valence-electron chi connectivity index (χ4n) is 2.25. The maximum absolute atomic E-state index is 12.2. The molecule has 0 aliphatic carbocycles. The maximum atomic E-state index is 12.2. The van der Waals surface area contributed by atoms with Gasteiger partial charge in [0.25, 0.3) is 5.91 Å². The number of rotatable bonds is 1. The molecular formula is C14H19NO3. The minimum Gasteiger partial charge on any atom is -0.508 e. The number of benzene rings is 1. The normalized spacial score (nSPS) is 24.7. The lowest BCUT2D eigenvalue weighted by atomic mass is 9.98. The first-order valence-electron chi connectivity index (χ1n) is 6.29. The van der Waals surface area contributed by atoms with E-state index in [-0.39, 0.29) is 11.7 Å². The van der Waals surface area contributed by atoms with E-state index in [4.69, 9.17) is 0 Å². The minimum absolute atomic E-state index is 0.0345. The summed E-state index contributed by atoms with van der Waals surface area (Å²) < 4.78 is 0. The molecule has 1 fully saturated rings. The van der Waals surface area contributed by atoms with Crippen LogP contribution in [0.2, 0.25) is 0 Å². The van der Waals surface area contributed by atoms with Gasteiger partial charge in [-0.3, -0.25) is 4.79 Å². The second-order valence-corrected chi connectivity index (χ2v) is 5.19. The lowest BCUT2D eigenvalue weighted by molar-refractivity contribution is 0.0438. The molecule has 0 bridgehead atoms. The van der Waals surface area contributed by atoms with Crippen molar-refractivity contribution in [3.05, 3.63) is 29.8 Å². The Morgan fingerprint density at radius 2 is 1.89 bits per heavy atom. The van der Waals surface area contributed by atoms with E-state index in [1.165, 1.54) is 12.1 Å². The van der Waals surface area contributed by atoms with Gasteiger partial charge in [0.1, 0.15) is 5.75 Å². The number of aliphatic hydroxyl groups is 1. The molecule has 1 unspecified atom stereocenters. The number of carbonyl (C=O) groups excluding carboxylic acids is 1. The van der Waals surface area contributed by atoms with Crippen LogP contribution in [0.1, 0.15) is 36.5 Å². The number of nitrogens with zero attached hydrogens (tertiary/aromatic N) is 1. The smallest absolute Gasteiger partial charge is 0.253 e. The summed E-state index contributed by atoms with van der Waals surface area (Å²) in [5.74, 6) is 0.123. The number of amides is 1. The van der Waals surface area contributed by atoms with E-state index in [0.717, 1.165) is 12.8 Å². The van der Waals surface area contributed by atoms with Crippen LogP contribution in [0, 0.1) is 0 Å². The highest BCUT2D eigenvalue weighted by Gasteiger charge is 2.27. The number of likely N-dealkylation sites (tertiary alicyclic amines) is 1. The molecular weight excluding hydrogens is 230 g/mol. The van der Waals surface area contributed by atoms with Crippen LogP contribution in [-0.2, 0) is 0 Å². The van der Waals surface area contributed by atoms with Crippen molar-refractivity contribution in [3.63, 3.8) is 0 Å². The minimum atomic E-state index is -0.663. The summed E-state index contributed by atoms with van der Waals surface area (Å²) in [4.78, 5) is 14.0. The van der Waals surface area contributed by atoms with Crippen molar-refractivity contribution in [2.75, 3.05) is 13.1 Å². The van der Waals surface area contributed by atoms with Gasteiger partial charge in [0.15, 0.2) is 0 Å². The van der Waals surface area contributed by atoms with Crippen LogP contribution < -0.4 is 0 Å². The van der Waals surface area contributed by atoms with Crippen molar-refractivity contribution < 1.29 is 15.0 Å². The summed E-state index contributed by atoms with van der Waals surface area (Å²) in [6.45, 7) is 3.07. The van der Waals surface area contributed by atoms with Crippen molar-refractivity contribution in [3.8, 4) is 5.75 Å². The van der Waals surface area contributed by atoms with Gasteiger partial charge in [-0.15, -0.1) is 0 Å². The predicted octanol–water partition coefficient (Wildman–Crippen LogP) is 1.77. The Hall–Kier alpha value is -1.55. The molecule has 1 aromatic rings. The van der Waals surface area contributed by atoms with Crippen LogP contribution in [0.3, 0.4) is 0 Å². The quantitative estimate of drug-likeness (QED) is 0.797. The predicted molar refractivity (Wildman–Crippen MR) is 68.5 cm³/mol. The van der Waals surface area contributed by atoms with E-state index >= 15 is 0 Å². The number of carbonyl (C=O) groups is 1. The molecule has 1 atom stereocenters. The molecule has 1 aromatic carbocycles. The number of phenols is 1. The highest BCUT2D eigenvalue weighted by molar-refractivity contribution is 5.94. The van der Waals surface area contributed by atoms with Gasteiger partial charge in [-0.25, -0.2) is 0 Å². The summed E-state index contributed by atoms with van der Waals surface area (Å²) in [6.07, 6.45) is 2.15. The second kappa shape index (κ2) is 4.98. The largest absolute Gasteiger partial charge is 0.508 e. The molecule has 98 valence electrons. The van der Waals surface area contributed by atoms with Gasteiger partial charge in [0.05, 0.1) is 5.60 Å². The average molecular weight is 249 g/mol. The second-order valence-electron chi connectivity index (χ2n) is 5.19. The highest BCUT2D eigenvalue weighted by atomic mass is 16.3. The summed E-state index contributed by atoms with van der Waals surface area (Å²) in [5, 5.41) is 19.2. The molecule has 1 heterocycles. The molecule has 0 saturated carbocycles. The zero-order chi connectivity index (χ0) is 13.2. The third-order valence-electron chi connectivity index (χ3n) is 3.47. The Bertz CT molecular complexity index is 425. The van der Waals surface area contributed by atoms with E-state index in [2.05, 4.69) is 0 Å². The van der Waals surface area contributed by atoms with Gasteiger partial charge in [0.2, 0.25) is 0 Å². The molecule has 1 aliphatic rings. The first-order valence-corrected chi connectivity index (χ1v) is 6.29. The number of aromatic hydroxyl groups is 1. The van der Waals surface area contributed by atoms with Crippen molar-refractivity contribution >= 4 is 5.91 Å². The Balaban J connectivity index is 2.07. The first-order chi connectivity index (χ1) is 8.48. The Labute approximate surface area is 107 Å². The monoisotopic (exact) mass is 249 g/mol. The van der Waals surface area contributed by atoms with Crippen LogP contribution in [0.15, 0.2) is 24.3 Å². The fraction of sp³-hybridized carbons (Fsp3) is 0.500. The Morgan fingerprint density at radius 1 is 1.22 bits per heavy atom. The van der Waals surface area contributed by atoms with Gasteiger partial charge >= 0.3 is 0 Å². The number of hydrogen-bond donors (Lipinski definition) is 2. The standard InChI is InChI=1S/C14H19NO3/c1-14(18)7-2-9-15(10-8-14)13(17)11-3-5-12(16)6-4-11/h3-6,16,18H,2,7-10H2,1H3. The topological polar surface area (TPSA) is 60.8 Å². The SMILES string of the molecule is CC1(O)CCCN(C(=O)c2ccc(O)cc2)CC1. The first kappa shape index (κ1) is 12.9.